The van der Waals surface area contributed by atoms with Crippen molar-refractivity contribution in [3.8, 4) is 0 Å². The van der Waals surface area contributed by atoms with Crippen molar-refractivity contribution >= 4 is 5.69 Å². The number of anilines is 1. The van der Waals surface area contributed by atoms with Crippen molar-refractivity contribution in [2.24, 2.45) is 0 Å². The summed E-state index contributed by atoms with van der Waals surface area (Å²) in [5, 5.41) is 0. The Labute approximate surface area is 114 Å². The van der Waals surface area contributed by atoms with Crippen LogP contribution in [0.25, 0.3) is 0 Å². The Morgan fingerprint density at radius 2 is 1.79 bits per heavy atom. The quantitative estimate of drug-likeness (QED) is 0.842. The SMILES string of the molecule is CC.Cc1cncc(N2CCN(CC(F)F)CC2)c1. The van der Waals surface area contributed by atoms with Crippen LogP contribution in [0.2, 0.25) is 0 Å². The molecule has 1 aromatic rings. The molecule has 0 N–H and O–H groups in total. The molecule has 1 aliphatic heterocycles. The Kier molecular flexibility index (Phi) is 6.70. The molecule has 0 amide bonds. The van der Waals surface area contributed by atoms with Gasteiger partial charge in [0.2, 0.25) is 0 Å². The average Bonchev–Trinajstić information content (AvgIpc) is 2.41. The Morgan fingerprint density at radius 1 is 1.16 bits per heavy atom. The number of aryl methyl sites for hydroxylation is 1. The van der Waals surface area contributed by atoms with Crippen LogP contribution in [0.1, 0.15) is 19.4 Å². The number of alkyl halides is 2. The van der Waals surface area contributed by atoms with Crippen LogP contribution in [0, 0.1) is 6.92 Å². The lowest BCUT2D eigenvalue weighted by Gasteiger charge is -2.35. The Hall–Kier alpha value is -1.23. The molecular formula is C14H23F2N3. The van der Waals surface area contributed by atoms with Crippen molar-refractivity contribution in [3.63, 3.8) is 0 Å². The van der Waals surface area contributed by atoms with Crippen molar-refractivity contribution < 1.29 is 8.78 Å². The van der Waals surface area contributed by atoms with Gasteiger partial charge in [0.1, 0.15) is 0 Å². The summed E-state index contributed by atoms with van der Waals surface area (Å²) < 4.78 is 24.5. The van der Waals surface area contributed by atoms with Crippen LogP contribution in [-0.2, 0) is 0 Å². The van der Waals surface area contributed by atoms with Crippen LogP contribution in [0.3, 0.4) is 0 Å². The van der Waals surface area contributed by atoms with Crippen LogP contribution in [0.5, 0.6) is 0 Å². The Morgan fingerprint density at radius 3 is 2.32 bits per heavy atom. The predicted octanol–water partition coefficient (Wildman–Crippen LogP) is 2.80. The summed E-state index contributed by atoms with van der Waals surface area (Å²) in [6, 6.07) is 2.08. The molecule has 0 aromatic carbocycles. The van der Waals surface area contributed by atoms with Crippen molar-refractivity contribution in [2.75, 3.05) is 37.6 Å². The van der Waals surface area contributed by atoms with Gasteiger partial charge in [0.05, 0.1) is 18.4 Å². The summed E-state index contributed by atoms with van der Waals surface area (Å²) in [5.74, 6) is 0. The molecule has 1 saturated heterocycles. The number of halogens is 2. The van der Waals surface area contributed by atoms with Gasteiger partial charge in [-0.2, -0.15) is 0 Å². The first-order valence-electron chi connectivity index (χ1n) is 6.82. The minimum absolute atomic E-state index is 0.111. The summed E-state index contributed by atoms with van der Waals surface area (Å²) in [4.78, 5) is 8.16. The van der Waals surface area contributed by atoms with E-state index in [0.29, 0.717) is 13.1 Å². The summed E-state index contributed by atoms with van der Waals surface area (Å²) in [6.07, 6.45) is 1.41. The monoisotopic (exact) mass is 271 g/mol. The van der Waals surface area contributed by atoms with E-state index in [2.05, 4.69) is 16.0 Å². The van der Waals surface area contributed by atoms with Crippen LogP contribution in [0.4, 0.5) is 14.5 Å². The van der Waals surface area contributed by atoms with Crippen molar-refractivity contribution in [3.05, 3.63) is 24.0 Å². The molecule has 0 unspecified atom stereocenters. The van der Waals surface area contributed by atoms with Crippen LogP contribution < -0.4 is 4.90 Å². The van der Waals surface area contributed by atoms with E-state index in [0.717, 1.165) is 24.3 Å². The highest BCUT2D eigenvalue weighted by Gasteiger charge is 2.19. The molecule has 1 aromatic heterocycles. The second kappa shape index (κ2) is 8.04. The molecule has 5 heteroatoms. The molecule has 3 nitrogen and oxygen atoms in total. The summed E-state index contributed by atoms with van der Waals surface area (Å²) in [6.45, 7) is 8.86. The smallest absolute Gasteiger partial charge is 0.251 e. The fourth-order valence-electron chi connectivity index (χ4n) is 2.10. The second-order valence-corrected chi connectivity index (χ2v) is 4.40. The molecule has 19 heavy (non-hydrogen) atoms. The van der Waals surface area contributed by atoms with E-state index >= 15 is 0 Å². The Balaban J connectivity index is 0.000000861. The first kappa shape index (κ1) is 15.8. The number of aromatic nitrogens is 1. The molecular weight excluding hydrogens is 248 g/mol. The lowest BCUT2D eigenvalue weighted by molar-refractivity contribution is 0.0854. The average molecular weight is 271 g/mol. The molecule has 0 saturated carbocycles. The number of hydrogen-bond donors (Lipinski definition) is 0. The molecule has 2 heterocycles. The number of piperazine rings is 1. The first-order valence-corrected chi connectivity index (χ1v) is 6.82. The first-order chi connectivity index (χ1) is 9.15. The highest BCUT2D eigenvalue weighted by molar-refractivity contribution is 5.46. The van der Waals surface area contributed by atoms with Crippen molar-refractivity contribution in [1.82, 2.24) is 9.88 Å². The highest BCUT2D eigenvalue weighted by atomic mass is 19.3. The van der Waals surface area contributed by atoms with E-state index < -0.39 is 6.43 Å². The van der Waals surface area contributed by atoms with Gasteiger partial charge >= 0.3 is 0 Å². The van der Waals surface area contributed by atoms with Gasteiger partial charge in [-0.05, 0) is 18.6 Å². The maximum absolute atomic E-state index is 12.2. The van der Waals surface area contributed by atoms with Gasteiger partial charge in [-0.25, -0.2) is 8.78 Å². The largest absolute Gasteiger partial charge is 0.368 e. The van der Waals surface area contributed by atoms with Gasteiger partial charge in [0, 0.05) is 32.4 Å². The van der Waals surface area contributed by atoms with E-state index in [1.165, 1.54) is 0 Å². The fraction of sp³-hybridized carbons (Fsp3) is 0.643. The normalized spacial score (nSPS) is 16.2. The second-order valence-electron chi connectivity index (χ2n) is 4.40. The van der Waals surface area contributed by atoms with E-state index in [-0.39, 0.29) is 6.54 Å². The maximum atomic E-state index is 12.2. The third kappa shape index (κ3) is 5.11. The zero-order chi connectivity index (χ0) is 14.3. The molecule has 2 rings (SSSR count). The van der Waals surface area contributed by atoms with Crippen molar-refractivity contribution in [1.29, 1.82) is 0 Å². The predicted molar refractivity (Wildman–Crippen MR) is 75.0 cm³/mol. The standard InChI is InChI=1S/C12H17F2N3.C2H6/c1-10-6-11(8-15-7-10)17-4-2-16(3-5-17)9-12(13)14;1-2/h6-8,12H,2-5,9H2,1H3;1-2H3. The third-order valence-corrected chi connectivity index (χ3v) is 2.99. The van der Waals surface area contributed by atoms with Gasteiger partial charge < -0.3 is 4.90 Å². The van der Waals surface area contributed by atoms with Gasteiger partial charge in [0.15, 0.2) is 0 Å². The molecule has 108 valence electrons. The minimum Gasteiger partial charge on any atom is -0.368 e. The molecule has 0 atom stereocenters. The number of rotatable bonds is 3. The van der Waals surface area contributed by atoms with Gasteiger partial charge in [-0.15, -0.1) is 0 Å². The van der Waals surface area contributed by atoms with E-state index in [1.807, 2.05) is 38.1 Å². The van der Waals surface area contributed by atoms with E-state index in [9.17, 15) is 8.78 Å². The summed E-state index contributed by atoms with van der Waals surface area (Å²) in [5.41, 5.74) is 2.21. The minimum atomic E-state index is -2.23. The van der Waals surface area contributed by atoms with Crippen molar-refractivity contribution in [2.45, 2.75) is 27.2 Å². The molecule has 0 bridgehead atoms. The number of hydrogen-bond acceptors (Lipinski definition) is 3. The van der Waals surface area contributed by atoms with Crippen LogP contribution >= 0.6 is 0 Å². The fourth-order valence-corrected chi connectivity index (χ4v) is 2.10. The molecule has 0 radical (unpaired) electrons. The zero-order valence-electron chi connectivity index (χ0n) is 11.9. The zero-order valence-corrected chi connectivity index (χ0v) is 11.9. The highest BCUT2D eigenvalue weighted by Crippen LogP contribution is 2.16. The lowest BCUT2D eigenvalue weighted by atomic mass is 10.2. The lowest BCUT2D eigenvalue weighted by Crippen LogP contribution is -2.47. The van der Waals surface area contributed by atoms with E-state index in [4.69, 9.17) is 0 Å². The van der Waals surface area contributed by atoms with Gasteiger partial charge in [-0.3, -0.25) is 9.88 Å². The van der Waals surface area contributed by atoms with Crippen LogP contribution in [-0.4, -0.2) is 49.0 Å². The third-order valence-electron chi connectivity index (χ3n) is 2.99. The number of pyridine rings is 1. The number of nitrogens with zero attached hydrogens (tertiary/aromatic N) is 3. The Bertz CT molecular complexity index is 363. The maximum Gasteiger partial charge on any atom is 0.251 e. The summed E-state index contributed by atoms with van der Waals surface area (Å²) >= 11 is 0. The van der Waals surface area contributed by atoms with Gasteiger partial charge in [0.25, 0.3) is 6.43 Å². The molecule has 1 fully saturated rings. The molecule has 0 aliphatic carbocycles. The summed E-state index contributed by atoms with van der Waals surface area (Å²) in [7, 11) is 0. The molecule has 0 spiro atoms. The molecule has 1 aliphatic rings. The topological polar surface area (TPSA) is 19.4 Å². The van der Waals surface area contributed by atoms with Gasteiger partial charge in [-0.1, -0.05) is 13.8 Å². The van der Waals surface area contributed by atoms with E-state index in [1.54, 1.807) is 0 Å². The van der Waals surface area contributed by atoms with Crippen LogP contribution in [0.15, 0.2) is 18.5 Å².